The Morgan fingerprint density at radius 1 is 1.12 bits per heavy atom. The summed E-state index contributed by atoms with van der Waals surface area (Å²) in [6.07, 6.45) is 3.58. The first-order valence-electron chi connectivity index (χ1n) is 11.8. The predicted octanol–water partition coefficient (Wildman–Crippen LogP) is 3.72. The average molecular weight is 479 g/mol. The zero-order chi connectivity index (χ0) is 23.7. The molecule has 2 aliphatic rings. The first-order chi connectivity index (χ1) is 16.5. The maximum Gasteiger partial charge on any atom is 0.350 e. The van der Waals surface area contributed by atoms with Gasteiger partial charge in [0.15, 0.2) is 0 Å². The Morgan fingerprint density at radius 2 is 1.88 bits per heavy atom. The van der Waals surface area contributed by atoms with Crippen LogP contribution < -0.4 is 5.32 Å². The third-order valence-corrected chi connectivity index (χ3v) is 7.99. The van der Waals surface area contributed by atoms with E-state index in [1.54, 1.807) is 0 Å². The molecule has 0 saturated carbocycles. The highest BCUT2D eigenvalue weighted by molar-refractivity contribution is 7.21. The summed E-state index contributed by atoms with van der Waals surface area (Å²) >= 11 is 1.26. The van der Waals surface area contributed by atoms with Crippen LogP contribution in [0, 0.1) is 0 Å². The highest BCUT2D eigenvalue weighted by Crippen LogP contribution is 2.35. The molecule has 0 unspecified atom stereocenters. The lowest BCUT2D eigenvalue weighted by Crippen LogP contribution is -2.51. The molecular formula is C26H30N4O3S. The Morgan fingerprint density at radius 3 is 2.62 bits per heavy atom. The number of hydrogen-bond acceptors (Lipinski definition) is 7. The van der Waals surface area contributed by atoms with Gasteiger partial charge in [0.05, 0.1) is 18.5 Å². The second-order valence-electron chi connectivity index (χ2n) is 9.11. The molecule has 0 radical (unpaired) electrons. The summed E-state index contributed by atoms with van der Waals surface area (Å²) in [4.78, 5) is 34.9. The van der Waals surface area contributed by atoms with Crippen molar-refractivity contribution in [2.75, 3.05) is 38.6 Å². The van der Waals surface area contributed by atoms with Crippen molar-refractivity contribution in [1.82, 2.24) is 14.8 Å². The summed E-state index contributed by atoms with van der Waals surface area (Å²) in [6, 6.07) is 13.4. The molecule has 1 atom stereocenters. The van der Waals surface area contributed by atoms with Gasteiger partial charge in [-0.25, -0.2) is 9.78 Å². The number of thiophene rings is 1. The number of methoxy groups -OCH3 is 1. The van der Waals surface area contributed by atoms with Crippen LogP contribution in [-0.2, 0) is 28.9 Å². The summed E-state index contributed by atoms with van der Waals surface area (Å²) in [5.74, 6) is -0.692. The first-order valence-corrected chi connectivity index (χ1v) is 12.6. The van der Waals surface area contributed by atoms with E-state index in [2.05, 4.69) is 39.4 Å². The molecule has 1 aromatic carbocycles. The molecule has 34 heavy (non-hydrogen) atoms. The van der Waals surface area contributed by atoms with E-state index in [-0.39, 0.29) is 5.91 Å². The van der Waals surface area contributed by atoms with Crippen molar-refractivity contribution in [3.63, 3.8) is 0 Å². The summed E-state index contributed by atoms with van der Waals surface area (Å²) < 4.78 is 4.90. The highest BCUT2D eigenvalue weighted by atomic mass is 32.1. The molecule has 2 aromatic heterocycles. The molecule has 1 saturated heterocycles. The number of carbonyl (C=O) groups excluding carboxylic acids is 2. The van der Waals surface area contributed by atoms with Crippen LogP contribution in [-0.4, -0.2) is 66.0 Å². The maximum atomic E-state index is 12.2. The Balaban J connectivity index is 1.24. The van der Waals surface area contributed by atoms with Crippen molar-refractivity contribution in [3.8, 4) is 0 Å². The van der Waals surface area contributed by atoms with Gasteiger partial charge >= 0.3 is 5.97 Å². The number of aromatic nitrogens is 1. The van der Waals surface area contributed by atoms with Crippen LogP contribution in [0.2, 0.25) is 0 Å². The molecular weight excluding hydrogens is 448 g/mol. The van der Waals surface area contributed by atoms with E-state index < -0.39 is 5.97 Å². The fourth-order valence-corrected chi connectivity index (χ4v) is 6.21. The van der Waals surface area contributed by atoms with Crippen LogP contribution in [0.15, 0.2) is 36.4 Å². The number of amides is 1. The highest BCUT2D eigenvalue weighted by Gasteiger charge is 2.27. The van der Waals surface area contributed by atoms with E-state index in [0.717, 1.165) is 55.1 Å². The Labute approximate surface area is 203 Å². The first kappa shape index (κ1) is 23.0. The predicted molar refractivity (Wildman–Crippen MR) is 134 cm³/mol. The molecule has 8 heteroatoms. The number of pyridine rings is 1. The van der Waals surface area contributed by atoms with Gasteiger partial charge in [0.25, 0.3) is 0 Å². The molecule has 3 aromatic rings. The molecule has 0 spiro atoms. The van der Waals surface area contributed by atoms with Crippen LogP contribution in [0.3, 0.4) is 0 Å². The Hall–Kier alpha value is -2.81. The number of nitrogens with zero attached hydrogens (tertiary/aromatic N) is 3. The number of piperazine rings is 1. The number of esters is 1. The van der Waals surface area contributed by atoms with Gasteiger partial charge in [-0.3, -0.25) is 14.6 Å². The van der Waals surface area contributed by atoms with Crippen LogP contribution in [0.4, 0.5) is 5.69 Å². The molecule has 0 bridgehead atoms. The lowest BCUT2D eigenvalue weighted by atomic mass is 9.87. The molecule has 1 N–H and O–H groups in total. The average Bonchev–Trinajstić information content (AvgIpc) is 3.20. The van der Waals surface area contributed by atoms with E-state index in [1.165, 1.54) is 49.3 Å². The van der Waals surface area contributed by atoms with Gasteiger partial charge in [-0.05, 0) is 42.5 Å². The largest absolute Gasteiger partial charge is 0.465 e. The van der Waals surface area contributed by atoms with Crippen molar-refractivity contribution in [3.05, 3.63) is 58.1 Å². The van der Waals surface area contributed by atoms with Crippen molar-refractivity contribution in [2.45, 2.75) is 38.8 Å². The fourth-order valence-electron chi connectivity index (χ4n) is 5.15. The third kappa shape index (κ3) is 4.71. The molecule has 1 fully saturated rings. The molecule has 7 nitrogen and oxygen atoms in total. The van der Waals surface area contributed by atoms with Crippen LogP contribution in [0.5, 0.6) is 0 Å². The zero-order valence-corrected chi connectivity index (χ0v) is 20.5. The van der Waals surface area contributed by atoms with Gasteiger partial charge in [0.2, 0.25) is 5.91 Å². The van der Waals surface area contributed by atoms with Gasteiger partial charge in [-0.1, -0.05) is 24.3 Å². The fraction of sp³-hybridized carbons (Fsp3) is 0.423. The van der Waals surface area contributed by atoms with Gasteiger partial charge in [-0.2, -0.15) is 0 Å². The molecule has 5 rings (SSSR count). The van der Waals surface area contributed by atoms with E-state index in [1.807, 2.05) is 12.1 Å². The second kappa shape index (κ2) is 9.82. The van der Waals surface area contributed by atoms with Crippen LogP contribution >= 0.6 is 11.3 Å². The summed E-state index contributed by atoms with van der Waals surface area (Å²) in [6.45, 7) is 6.40. The summed E-state index contributed by atoms with van der Waals surface area (Å²) in [5.41, 5.74) is 4.49. The monoisotopic (exact) mass is 478 g/mol. The molecule has 1 aliphatic heterocycles. The number of carbonyl (C=O) groups is 2. The number of hydrogen-bond donors (Lipinski definition) is 1. The van der Waals surface area contributed by atoms with Crippen molar-refractivity contribution in [2.24, 2.45) is 0 Å². The lowest BCUT2D eigenvalue weighted by molar-refractivity contribution is -0.114. The Bertz CT molecular complexity index is 1220. The number of benzene rings is 1. The molecule has 3 heterocycles. The van der Waals surface area contributed by atoms with E-state index >= 15 is 0 Å². The Kier molecular flexibility index (Phi) is 6.63. The quantitative estimate of drug-likeness (QED) is 0.564. The third-order valence-electron chi connectivity index (χ3n) is 6.91. The number of ether oxygens (including phenoxy) is 1. The molecule has 1 aliphatic carbocycles. The van der Waals surface area contributed by atoms with Crippen molar-refractivity contribution < 1.29 is 14.3 Å². The maximum absolute atomic E-state index is 12.2. The smallest absolute Gasteiger partial charge is 0.350 e. The minimum absolute atomic E-state index is 0.228. The van der Waals surface area contributed by atoms with Crippen LogP contribution in [0.25, 0.3) is 10.2 Å². The van der Waals surface area contributed by atoms with Crippen LogP contribution in [0.1, 0.15) is 39.8 Å². The van der Waals surface area contributed by atoms with E-state index in [9.17, 15) is 9.59 Å². The normalized spacial score (nSPS) is 19.1. The lowest BCUT2D eigenvalue weighted by Gasteiger charge is -2.41. The number of aryl methyl sites for hydroxylation is 1. The standard InChI is InChI=1S/C26H30N4O3S/c1-17(31)27-23-22-10-8-20(28-25(22)34-24(23)26(32)33-2)16-29-11-13-30(14-12-29)21-9-7-18-5-3-4-6-19(18)15-21/h3-6,8,10,21H,7,9,11-16H2,1-2H3,(H,27,31)/t21-/m0/s1. The molecule has 1 amide bonds. The van der Waals surface area contributed by atoms with Gasteiger partial charge in [-0.15, -0.1) is 11.3 Å². The van der Waals surface area contributed by atoms with Gasteiger partial charge < -0.3 is 10.1 Å². The van der Waals surface area contributed by atoms with Gasteiger partial charge in [0, 0.05) is 51.1 Å². The zero-order valence-electron chi connectivity index (χ0n) is 19.7. The topological polar surface area (TPSA) is 74.8 Å². The number of anilines is 1. The minimum atomic E-state index is -0.463. The SMILES string of the molecule is COC(=O)c1sc2nc(CN3CCN([C@H]4CCc5ccccc5C4)CC3)ccc2c1NC(C)=O. The number of nitrogens with one attached hydrogen (secondary N) is 1. The van der Waals surface area contributed by atoms with Gasteiger partial charge in [0.1, 0.15) is 9.71 Å². The summed E-state index contributed by atoms with van der Waals surface area (Å²) in [5, 5.41) is 3.54. The molecule has 178 valence electrons. The van der Waals surface area contributed by atoms with E-state index in [4.69, 9.17) is 9.72 Å². The number of fused-ring (bicyclic) bond motifs is 2. The minimum Gasteiger partial charge on any atom is -0.465 e. The summed E-state index contributed by atoms with van der Waals surface area (Å²) in [7, 11) is 1.34. The second-order valence-corrected chi connectivity index (χ2v) is 10.1. The van der Waals surface area contributed by atoms with E-state index in [0.29, 0.717) is 16.6 Å². The number of rotatable bonds is 5. The van der Waals surface area contributed by atoms with Crippen molar-refractivity contribution in [1.29, 1.82) is 0 Å². The van der Waals surface area contributed by atoms with Crippen molar-refractivity contribution >= 4 is 39.1 Å².